The molecule has 0 fully saturated rings. The highest BCUT2D eigenvalue weighted by atomic mass is 35.5. The molecule has 0 spiro atoms. The SMILES string of the molecule is CCCSc1nnc(NC(O)c2cc(SC)ccc2Cl)s1. The van der Waals surface area contributed by atoms with Crippen molar-refractivity contribution in [3.05, 3.63) is 28.8 Å². The normalized spacial score (nSPS) is 12.4. The molecule has 0 bridgehead atoms. The zero-order valence-corrected chi connectivity index (χ0v) is 14.9. The molecule has 1 aromatic carbocycles. The number of nitrogens with zero attached hydrogens (tertiary/aromatic N) is 2. The van der Waals surface area contributed by atoms with E-state index in [4.69, 9.17) is 11.6 Å². The number of halogens is 1. The summed E-state index contributed by atoms with van der Waals surface area (Å²) < 4.78 is 0.899. The molecule has 2 rings (SSSR count). The monoisotopic (exact) mass is 361 g/mol. The number of thioether (sulfide) groups is 2. The number of aliphatic hydroxyl groups is 1. The fourth-order valence-corrected chi connectivity index (χ4v) is 3.94. The van der Waals surface area contributed by atoms with Gasteiger partial charge in [0.15, 0.2) is 10.6 Å². The predicted octanol–water partition coefficient (Wildman–Crippen LogP) is 4.52. The lowest BCUT2D eigenvalue weighted by Gasteiger charge is -2.14. The Balaban J connectivity index is 2.07. The minimum atomic E-state index is -0.901. The minimum absolute atomic E-state index is 0.526. The van der Waals surface area contributed by atoms with E-state index in [2.05, 4.69) is 22.4 Å². The van der Waals surface area contributed by atoms with Gasteiger partial charge in [-0.1, -0.05) is 41.6 Å². The van der Waals surface area contributed by atoms with Crippen LogP contribution in [-0.4, -0.2) is 27.3 Å². The first-order valence-electron chi connectivity index (χ1n) is 6.38. The van der Waals surface area contributed by atoms with Crippen molar-refractivity contribution in [1.82, 2.24) is 10.2 Å². The van der Waals surface area contributed by atoms with Crippen LogP contribution >= 0.6 is 46.5 Å². The first-order chi connectivity index (χ1) is 10.1. The van der Waals surface area contributed by atoms with E-state index in [1.54, 1.807) is 29.6 Å². The molecule has 0 radical (unpaired) electrons. The van der Waals surface area contributed by atoms with Crippen LogP contribution < -0.4 is 5.32 Å². The summed E-state index contributed by atoms with van der Waals surface area (Å²) in [7, 11) is 0. The second-order valence-electron chi connectivity index (χ2n) is 4.16. The summed E-state index contributed by atoms with van der Waals surface area (Å²) in [6.07, 6.45) is 2.17. The van der Waals surface area contributed by atoms with E-state index in [1.165, 1.54) is 11.3 Å². The summed E-state index contributed by atoms with van der Waals surface area (Å²) in [5, 5.41) is 22.5. The standard InChI is InChI=1S/C13H16ClN3OS3/c1-3-6-20-13-17-16-12(21-13)15-11(18)9-7-8(19-2)4-5-10(9)14/h4-5,7,11,18H,3,6H2,1-2H3,(H,15,16). The molecule has 114 valence electrons. The highest BCUT2D eigenvalue weighted by Gasteiger charge is 2.14. The number of rotatable bonds is 7. The van der Waals surface area contributed by atoms with Gasteiger partial charge in [0.25, 0.3) is 0 Å². The van der Waals surface area contributed by atoms with Gasteiger partial charge < -0.3 is 10.4 Å². The number of benzene rings is 1. The van der Waals surface area contributed by atoms with E-state index in [9.17, 15) is 5.11 Å². The Labute approximate surface area is 141 Å². The van der Waals surface area contributed by atoms with Gasteiger partial charge in [-0.15, -0.1) is 22.0 Å². The van der Waals surface area contributed by atoms with Gasteiger partial charge in [-0.3, -0.25) is 0 Å². The van der Waals surface area contributed by atoms with E-state index >= 15 is 0 Å². The topological polar surface area (TPSA) is 58.0 Å². The summed E-state index contributed by atoms with van der Waals surface area (Å²) in [5.74, 6) is 1.01. The average Bonchev–Trinajstić information content (AvgIpc) is 2.93. The largest absolute Gasteiger partial charge is 0.369 e. The van der Waals surface area contributed by atoms with Crippen LogP contribution in [0.3, 0.4) is 0 Å². The molecule has 0 amide bonds. The van der Waals surface area contributed by atoms with Crippen LogP contribution in [0.25, 0.3) is 0 Å². The summed E-state index contributed by atoms with van der Waals surface area (Å²) in [5.41, 5.74) is 0.640. The van der Waals surface area contributed by atoms with Gasteiger partial charge in [-0.25, -0.2) is 0 Å². The third-order valence-electron chi connectivity index (χ3n) is 2.59. The molecule has 1 heterocycles. The molecule has 8 heteroatoms. The Bertz CT molecular complexity index is 594. The molecular formula is C13H16ClN3OS3. The highest BCUT2D eigenvalue weighted by molar-refractivity contribution is 8.01. The smallest absolute Gasteiger partial charge is 0.208 e. The van der Waals surface area contributed by atoms with Crippen molar-refractivity contribution in [2.24, 2.45) is 0 Å². The quantitative estimate of drug-likeness (QED) is 0.558. The Kier molecular flexibility index (Phi) is 6.63. The lowest BCUT2D eigenvalue weighted by Crippen LogP contribution is -2.10. The Morgan fingerprint density at radius 1 is 1.43 bits per heavy atom. The molecule has 2 aromatic rings. The molecule has 1 atom stereocenters. The maximum absolute atomic E-state index is 10.3. The second kappa shape index (κ2) is 8.24. The average molecular weight is 362 g/mol. The van der Waals surface area contributed by atoms with Crippen LogP contribution in [0.1, 0.15) is 25.1 Å². The lowest BCUT2D eigenvalue weighted by molar-refractivity contribution is 0.208. The molecule has 4 nitrogen and oxygen atoms in total. The van der Waals surface area contributed by atoms with Gasteiger partial charge in [0.1, 0.15) is 0 Å². The van der Waals surface area contributed by atoms with Crippen molar-refractivity contribution in [2.45, 2.75) is 28.8 Å². The molecule has 0 aliphatic heterocycles. The molecule has 21 heavy (non-hydrogen) atoms. The number of nitrogens with one attached hydrogen (secondary N) is 1. The number of anilines is 1. The predicted molar refractivity (Wildman–Crippen MR) is 92.7 cm³/mol. The Morgan fingerprint density at radius 3 is 2.95 bits per heavy atom. The molecule has 0 saturated carbocycles. The van der Waals surface area contributed by atoms with Gasteiger partial charge in [0.05, 0.1) is 0 Å². The zero-order valence-electron chi connectivity index (χ0n) is 11.7. The third kappa shape index (κ3) is 4.75. The number of aromatic nitrogens is 2. The summed E-state index contributed by atoms with van der Waals surface area (Å²) >= 11 is 10.8. The first-order valence-corrected chi connectivity index (χ1v) is 9.79. The van der Waals surface area contributed by atoms with Gasteiger partial charge in [-0.2, -0.15) is 0 Å². The Morgan fingerprint density at radius 2 is 2.24 bits per heavy atom. The van der Waals surface area contributed by atoms with Crippen LogP contribution in [0.15, 0.2) is 27.4 Å². The number of aliphatic hydroxyl groups excluding tert-OH is 1. The molecule has 1 unspecified atom stereocenters. The van der Waals surface area contributed by atoms with Gasteiger partial charge in [-0.05, 0) is 30.9 Å². The fraction of sp³-hybridized carbons (Fsp3) is 0.385. The molecule has 0 aliphatic rings. The van der Waals surface area contributed by atoms with Crippen LogP contribution in [0.4, 0.5) is 5.13 Å². The van der Waals surface area contributed by atoms with Crippen molar-refractivity contribution in [1.29, 1.82) is 0 Å². The number of hydrogen-bond donors (Lipinski definition) is 2. The zero-order chi connectivity index (χ0) is 15.2. The maximum atomic E-state index is 10.3. The lowest BCUT2D eigenvalue weighted by atomic mass is 10.2. The van der Waals surface area contributed by atoms with Crippen LogP contribution in [0.2, 0.25) is 5.02 Å². The van der Waals surface area contributed by atoms with Gasteiger partial charge >= 0.3 is 0 Å². The molecule has 0 aliphatic carbocycles. The van der Waals surface area contributed by atoms with E-state index < -0.39 is 6.23 Å². The highest BCUT2D eigenvalue weighted by Crippen LogP contribution is 2.31. The van der Waals surface area contributed by atoms with E-state index in [-0.39, 0.29) is 0 Å². The Hall–Kier alpha value is -0.470. The van der Waals surface area contributed by atoms with Crippen LogP contribution in [-0.2, 0) is 0 Å². The maximum Gasteiger partial charge on any atom is 0.208 e. The minimum Gasteiger partial charge on any atom is -0.369 e. The third-order valence-corrected chi connectivity index (χ3v) is 5.86. The molecular weight excluding hydrogens is 346 g/mol. The van der Waals surface area contributed by atoms with Gasteiger partial charge in [0, 0.05) is 21.2 Å². The summed E-state index contributed by atoms with van der Waals surface area (Å²) in [6, 6.07) is 5.59. The second-order valence-corrected chi connectivity index (χ2v) is 7.76. The van der Waals surface area contributed by atoms with Crippen LogP contribution in [0.5, 0.6) is 0 Å². The molecule has 2 N–H and O–H groups in total. The van der Waals surface area contributed by atoms with Crippen molar-refractivity contribution in [3.63, 3.8) is 0 Å². The first kappa shape index (κ1) is 16.9. The van der Waals surface area contributed by atoms with Crippen molar-refractivity contribution in [2.75, 3.05) is 17.3 Å². The molecule has 0 saturated heterocycles. The summed E-state index contributed by atoms with van der Waals surface area (Å²) in [6.45, 7) is 2.12. The van der Waals surface area contributed by atoms with E-state index in [1.807, 2.05) is 18.4 Å². The summed E-state index contributed by atoms with van der Waals surface area (Å²) in [4.78, 5) is 1.05. The van der Waals surface area contributed by atoms with Crippen LogP contribution in [0, 0.1) is 0 Å². The molecule has 1 aromatic heterocycles. The number of hydrogen-bond acceptors (Lipinski definition) is 7. The van der Waals surface area contributed by atoms with Crippen molar-refractivity contribution in [3.8, 4) is 0 Å². The van der Waals surface area contributed by atoms with Crippen molar-refractivity contribution >= 4 is 51.6 Å². The van der Waals surface area contributed by atoms with Crippen molar-refractivity contribution < 1.29 is 5.11 Å². The van der Waals surface area contributed by atoms with Gasteiger partial charge in [0.2, 0.25) is 5.13 Å². The van der Waals surface area contributed by atoms with E-state index in [0.717, 1.165) is 21.4 Å². The fourth-order valence-electron chi connectivity index (χ4n) is 1.57. The van der Waals surface area contributed by atoms with E-state index in [0.29, 0.717) is 15.7 Å².